The highest BCUT2D eigenvalue weighted by atomic mass is 35.5. The molecule has 1 saturated heterocycles. The van der Waals surface area contributed by atoms with Crippen molar-refractivity contribution < 1.29 is 4.79 Å². The molecule has 2 atom stereocenters. The van der Waals surface area contributed by atoms with Crippen molar-refractivity contribution in [2.45, 2.75) is 5.92 Å². The first-order valence-electron chi connectivity index (χ1n) is 8.34. The number of rotatable bonds is 3. The zero-order chi connectivity index (χ0) is 17.2. The van der Waals surface area contributed by atoms with Crippen molar-refractivity contribution in [3.05, 3.63) is 71.5 Å². The first-order chi connectivity index (χ1) is 12.2. The standard InChI is InChI=1S/C20H18ClN3O/c21-19-15-7-4-8-18(14(15)9-10-23-19)24-20(25)17-12-22-11-16(17)13-5-2-1-3-6-13/h1-10,16-17,22H,11-12H2,(H,24,25)/t16-,17+/m1/s1. The highest BCUT2D eigenvalue weighted by molar-refractivity contribution is 6.34. The lowest BCUT2D eigenvalue weighted by atomic mass is 9.88. The van der Waals surface area contributed by atoms with Crippen LogP contribution in [-0.2, 0) is 4.79 Å². The Morgan fingerprint density at radius 1 is 1.04 bits per heavy atom. The smallest absolute Gasteiger partial charge is 0.229 e. The van der Waals surface area contributed by atoms with Crippen LogP contribution in [0.25, 0.3) is 10.8 Å². The van der Waals surface area contributed by atoms with Gasteiger partial charge in [0.1, 0.15) is 5.15 Å². The molecule has 4 rings (SSSR count). The molecule has 2 aromatic carbocycles. The molecule has 126 valence electrons. The lowest BCUT2D eigenvalue weighted by molar-refractivity contribution is -0.119. The van der Waals surface area contributed by atoms with Gasteiger partial charge >= 0.3 is 0 Å². The second kappa shape index (κ2) is 6.82. The molecule has 0 radical (unpaired) electrons. The van der Waals surface area contributed by atoms with Crippen molar-refractivity contribution in [1.29, 1.82) is 0 Å². The van der Waals surface area contributed by atoms with Crippen LogP contribution in [-0.4, -0.2) is 24.0 Å². The highest BCUT2D eigenvalue weighted by Gasteiger charge is 2.34. The number of carbonyl (C=O) groups is 1. The molecule has 2 N–H and O–H groups in total. The largest absolute Gasteiger partial charge is 0.325 e. The van der Waals surface area contributed by atoms with Crippen LogP contribution >= 0.6 is 11.6 Å². The van der Waals surface area contributed by atoms with Crippen molar-refractivity contribution in [3.63, 3.8) is 0 Å². The monoisotopic (exact) mass is 351 g/mol. The summed E-state index contributed by atoms with van der Waals surface area (Å²) in [6.45, 7) is 1.49. The lowest BCUT2D eigenvalue weighted by Crippen LogP contribution is -2.28. The molecule has 1 aromatic heterocycles. The predicted molar refractivity (Wildman–Crippen MR) is 101 cm³/mol. The molecule has 0 aliphatic carbocycles. The summed E-state index contributed by atoms with van der Waals surface area (Å²) in [6.07, 6.45) is 1.66. The molecular weight excluding hydrogens is 334 g/mol. The van der Waals surface area contributed by atoms with Crippen molar-refractivity contribution >= 4 is 34.0 Å². The Kier molecular flexibility index (Phi) is 4.38. The summed E-state index contributed by atoms with van der Waals surface area (Å²) < 4.78 is 0. The van der Waals surface area contributed by atoms with Gasteiger partial charge in [0.15, 0.2) is 0 Å². The average molecular weight is 352 g/mol. The summed E-state index contributed by atoms with van der Waals surface area (Å²) in [7, 11) is 0. The third-order valence-electron chi connectivity index (χ3n) is 4.79. The summed E-state index contributed by atoms with van der Waals surface area (Å²) in [5.41, 5.74) is 1.96. The molecule has 0 unspecified atom stereocenters. The van der Waals surface area contributed by atoms with E-state index in [0.29, 0.717) is 11.7 Å². The maximum absolute atomic E-state index is 12.9. The van der Waals surface area contributed by atoms with Gasteiger partial charge in [-0.25, -0.2) is 4.98 Å². The SMILES string of the molecule is O=C(Nc1cccc2c(Cl)nccc12)[C@H]1CNC[C@@H]1c1ccccc1. The van der Waals surface area contributed by atoms with E-state index in [9.17, 15) is 4.79 Å². The predicted octanol–water partition coefficient (Wildman–Crippen LogP) is 3.83. The molecule has 0 saturated carbocycles. The first kappa shape index (κ1) is 16.1. The van der Waals surface area contributed by atoms with Crippen molar-refractivity contribution in [1.82, 2.24) is 10.3 Å². The second-order valence-electron chi connectivity index (χ2n) is 6.27. The minimum Gasteiger partial charge on any atom is -0.325 e. The number of amides is 1. The maximum Gasteiger partial charge on any atom is 0.229 e. The van der Waals surface area contributed by atoms with Crippen LogP contribution in [0.4, 0.5) is 5.69 Å². The fourth-order valence-electron chi connectivity index (χ4n) is 3.51. The van der Waals surface area contributed by atoms with Gasteiger partial charge in [0.05, 0.1) is 5.92 Å². The van der Waals surface area contributed by atoms with Crippen LogP contribution in [0.1, 0.15) is 11.5 Å². The molecule has 2 heterocycles. The zero-order valence-electron chi connectivity index (χ0n) is 13.6. The Morgan fingerprint density at radius 2 is 1.88 bits per heavy atom. The van der Waals surface area contributed by atoms with Crippen LogP contribution in [0.15, 0.2) is 60.8 Å². The minimum absolute atomic E-state index is 0.0271. The van der Waals surface area contributed by atoms with Gasteiger partial charge in [-0.3, -0.25) is 4.79 Å². The molecule has 1 aliphatic heterocycles. The van der Waals surface area contributed by atoms with E-state index in [2.05, 4.69) is 27.8 Å². The number of aromatic nitrogens is 1. The number of carbonyl (C=O) groups excluding carboxylic acids is 1. The Labute approximate surface area is 151 Å². The van der Waals surface area contributed by atoms with Gasteiger partial charge in [0.25, 0.3) is 0 Å². The van der Waals surface area contributed by atoms with E-state index in [1.807, 2.05) is 42.5 Å². The number of anilines is 1. The summed E-state index contributed by atoms with van der Waals surface area (Å²) in [4.78, 5) is 17.0. The quantitative estimate of drug-likeness (QED) is 0.705. The van der Waals surface area contributed by atoms with E-state index < -0.39 is 0 Å². The summed E-state index contributed by atoms with van der Waals surface area (Å²) in [6, 6.07) is 17.8. The van der Waals surface area contributed by atoms with Gasteiger partial charge in [0.2, 0.25) is 5.91 Å². The van der Waals surface area contributed by atoms with Crippen LogP contribution in [0.5, 0.6) is 0 Å². The highest BCUT2D eigenvalue weighted by Crippen LogP contribution is 2.31. The van der Waals surface area contributed by atoms with Crippen molar-refractivity contribution in [2.24, 2.45) is 5.92 Å². The van der Waals surface area contributed by atoms with Crippen molar-refractivity contribution in [2.75, 3.05) is 18.4 Å². The molecule has 0 spiro atoms. The number of halogens is 1. The molecule has 1 fully saturated rings. The van der Waals surface area contributed by atoms with Gasteiger partial charge < -0.3 is 10.6 Å². The molecule has 0 bridgehead atoms. The Morgan fingerprint density at radius 3 is 2.72 bits per heavy atom. The maximum atomic E-state index is 12.9. The third kappa shape index (κ3) is 3.11. The Balaban J connectivity index is 1.61. The van der Waals surface area contributed by atoms with Crippen molar-refractivity contribution in [3.8, 4) is 0 Å². The van der Waals surface area contributed by atoms with E-state index in [1.54, 1.807) is 6.20 Å². The van der Waals surface area contributed by atoms with Gasteiger partial charge in [-0.05, 0) is 17.7 Å². The molecule has 5 heteroatoms. The number of hydrogen-bond donors (Lipinski definition) is 2. The first-order valence-corrected chi connectivity index (χ1v) is 8.71. The number of hydrogen-bond acceptors (Lipinski definition) is 3. The molecule has 3 aromatic rings. The summed E-state index contributed by atoms with van der Waals surface area (Å²) in [5, 5.41) is 8.61. The molecule has 1 aliphatic rings. The molecular formula is C20H18ClN3O. The van der Waals surface area contributed by atoms with Crippen LogP contribution < -0.4 is 10.6 Å². The van der Waals surface area contributed by atoms with Gasteiger partial charge in [-0.15, -0.1) is 0 Å². The summed E-state index contributed by atoms with van der Waals surface area (Å²) >= 11 is 6.16. The fourth-order valence-corrected chi connectivity index (χ4v) is 3.73. The number of fused-ring (bicyclic) bond motifs is 1. The Bertz CT molecular complexity index is 913. The number of nitrogens with zero attached hydrogens (tertiary/aromatic N) is 1. The van der Waals surface area contributed by atoms with Gasteiger partial charge in [-0.2, -0.15) is 0 Å². The van der Waals surface area contributed by atoms with Crippen LogP contribution in [0, 0.1) is 5.92 Å². The third-order valence-corrected chi connectivity index (χ3v) is 5.10. The van der Waals surface area contributed by atoms with Crippen LogP contribution in [0.3, 0.4) is 0 Å². The topological polar surface area (TPSA) is 54.0 Å². The van der Waals surface area contributed by atoms with Gasteiger partial charge in [-0.1, -0.05) is 54.1 Å². The van der Waals surface area contributed by atoms with E-state index in [4.69, 9.17) is 11.6 Å². The fraction of sp³-hybridized carbons (Fsp3) is 0.200. The Hall–Kier alpha value is -2.43. The number of benzene rings is 2. The minimum atomic E-state index is -0.102. The summed E-state index contributed by atoms with van der Waals surface area (Å²) in [5.74, 6) is 0.107. The lowest BCUT2D eigenvalue weighted by Gasteiger charge is -2.19. The van der Waals surface area contributed by atoms with E-state index in [-0.39, 0.29) is 17.7 Å². The molecule has 4 nitrogen and oxygen atoms in total. The second-order valence-corrected chi connectivity index (χ2v) is 6.63. The normalized spacial score (nSPS) is 19.9. The molecule has 1 amide bonds. The average Bonchev–Trinajstić information content (AvgIpc) is 3.13. The number of nitrogens with one attached hydrogen (secondary N) is 2. The van der Waals surface area contributed by atoms with E-state index in [1.165, 1.54) is 5.56 Å². The van der Waals surface area contributed by atoms with Gasteiger partial charge in [0, 0.05) is 41.7 Å². The zero-order valence-corrected chi connectivity index (χ0v) is 14.3. The van der Waals surface area contributed by atoms with E-state index >= 15 is 0 Å². The molecule has 25 heavy (non-hydrogen) atoms. The number of pyridine rings is 1. The van der Waals surface area contributed by atoms with Crippen LogP contribution in [0.2, 0.25) is 5.15 Å². The van der Waals surface area contributed by atoms with E-state index in [0.717, 1.165) is 23.0 Å².